The number of benzene rings is 1. The molecule has 0 saturated carbocycles. The van der Waals surface area contributed by atoms with Gasteiger partial charge >= 0.3 is 5.97 Å². The van der Waals surface area contributed by atoms with E-state index in [0.29, 0.717) is 30.2 Å². The molecule has 0 amide bonds. The van der Waals surface area contributed by atoms with Crippen molar-refractivity contribution in [2.45, 2.75) is 6.04 Å². The standard InChI is InChI=1S/C16H21NO4/c1-5-9-17(10-6-2)15(16(18)19)12-7-8-13(20-3)14(11-12)21-4/h5-8,11,15H,1-2,9-10H2,3-4H3,(H,18,19). The Labute approximate surface area is 125 Å². The minimum absolute atomic E-state index is 0.442. The fourth-order valence-corrected chi connectivity index (χ4v) is 2.15. The Kier molecular flexibility index (Phi) is 6.49. The number of carboxylic acid groups (broad SMARTS) is 1. The molecule has 21 heavy (non-hydrogen) atoms. The Bertz CT molecular complexity index is 503. The number of nitrogens with zero attached hydrogens (tertiary/aromatic N) is 1. The minimum Gasteiger partial charge on any atom is -0.493 e. The lowest BCUT2D eigenvalue weighted by atomic mass is 10.0. The van der Waals surface area contributed by atoms with Gasteiger partial charge in [-0.1, -0.05) is 18.2 Å². The highest BCUT2D eigenvalue weighted by Gasteiger charge is 2.27. The van der Waals surface area contributed by atoms with Crippen LogP contribution in [0.1, 0.15) is 11.6 Å². The summed E-state index contributed by atoms with van der Waals surface area (Å²) in [7, 11) is 3.05. The molecule has 1 atom stereocenters. The third kappa shape index (κ3) is 4.10. The van der Waals surface area contributed by atoms with Gasteiger partial charge in [-0.3, -0.25) is 9.69 Å². The van der Waals surface area contributed by atoms with Crippen molar-refractivity contribution in [3.63, 3.8) is 0 Å². The quantitative estimate of drug-likeness (QED) is 0.708. The molecule has 0 bridgehead atoms. The van der Waals surface area contributed by atoms with Crippen LogP contribution in [0.3, 0.4) is 0 Å². The average molecular weight is 291 g/mol. The zero-order chi connectivity index (χ0) is 15.8. The van der Waals surface area contributed by atoms with Gasteiger partial charge in [0.05, 0.1) is 14.2 Å². The van der Waals surface area contributed by atoms with E-state index in [1.54, 1.807) is 35.3 Å². The molecule has 1 rings (SSSR count). The number of ether oxygens (including phenoxy) is 2. The second kappa shape index (κ2) is 8.11. The van der Waals surface area contributed by atoms with Crippen LogP contribution < -0.4 is 9.47 Å². The summed E-state index contributed by atoms with van der Waals surface area (Å²) in [6.07, 6.45) is 3.33. The van der Waals surface area contributed by atoms with Crippen LogP contribution in [-0.4, -0.2) is 43.3 Å². The van der Waals surface area contributed by atoms with E-state index in [2.05, 4.69) is 13.2 Å². The Morgan fingerprint density at radius 3 is 2.24 bits per heavy atom. The van der Waals surface area contributed by atoms with E-state index < -0.39 is 12.0 Å². The highest BCUT2D eigenvalue weighted by molar-refractivity contribution is 5.76. The summed E-state index contributed by atoms with van der Waals surface area (Å²) >= 11 is 0. The molecule has 0 aromatic heterocycles. The van der Waals surface area contributed by atoms with Gasteiger partial charge in [-0.05, 0) is 17.7 Å². The Balaban J connectivity index is 3.23. The van der Waals surface area contributed by atoms with E-state index in [4.69, 9.17) is 9.47 Å². The number of rotatable bonds is 9. The molecule has 114 valence electrons. The molecule has 1 aromatic rings. The van der Waals surface area contributed by atoms with Crippen molar-refractivity contribution in [3.8, 4) is 11.5 Å². The van der Waals surface area contributed by atoms with Crippen molar-refractivity contribution in [2.75, 3.05) is 27.3 Å². The van der Waals surface area contributed by atoms with Gasteiger partial charge in [0.1, 0.15) is 6.04 Å². The fraction of sp³-hybridized carbons (Fsp3) is 0.312. The predicted octanol–water partition coefficient (Wildman–Crippen LogP) is 2.50. The molecule has 0 aliphatic carbocycles. The van der Waals surface area contributed by atoms with E-state index in [1.807, 2.05) is 0 Å². The van der Waals surface area contributed by atoms with Crippen LogP contribution in [0.25, 0.3) is 0 Å². The third-order valence-corrected chi connectivity index (χ3v) is 3.05. The monoisotopic (exact) mass is 291 g/mol. The van der Waals surface area contributed by atoms with E-state index >= 15 is 0 Å². The highest BCUT2D eigenvalue weighted by atomic mass is 16.5. The van der Waals surface area contributed by atoms with Crippen LogP contribution in [-0.2, 0) is 4.79 Å². The zero-order valence-corrected chi connectivity index (χ0v) is 12.4. The second-order valence-corrected chi connectivity index (χ2v) is 4.39. The van der Waals surface area contributed by atoms with Crippen LogP contribution >= 0.6 is 0 Å². The molecule has 0 radical (unpaired) electrons. The number of hydrogen-bond acceptors (Lipinski definition) is 4. The van der Waals surface area contributed by atoms with Crippen molar-refractivity contribution in [1.82, 2.24) is 4.90 Å². The van der Waals surface area contributed by atoms with Crippen LogP contribution in [0.4, 0.5) is 0 Å². The molecular formula is C16H21NO4. The normalized spacial score (nSPS) is 11.8. The predicted molar refractivity (Wildman–Crippen MR) is 81.9 cm³/mol. The summed E-state index contributed by atoms with van der Waals surface area (Å²) in [5.74, 6) is 0.119. The van der Waals surface area contributed by atoms with Gasteiger partial charge in [0.15, 0.2) is 11.5 Å². The summed E-state index contributed by atoms with van der Waals surface area (Å²) in [6.45, 7) is 8.21. The van der Waals surface area contributed by atoms with E-state index in [9.17, 15) is 9.90 Å². The van der Waals surface area contributed by atoms with Crippen molar-refractivity contribution < 1.29 is 19.4 Å². The lowest BCUT2D eigenvalue weighted by Crippen LogP contribution is -2.34. The maximum Gasteiger partial charge on any atom is 0.325 e. The van der Waals surface area contributed by atoms with Crippen molar-refractivity contribution >= 4 is 5.97 Å². The van der Waals surface area contributed by atoms with Gasteiger partial charge in [0.2, 0.25) is 0 Å². The van der Waals surface area contributed by atoms with Crippen molar-refractivity contribution in [1.29, 1.82) is 0 Å². The summed E-state index contributed by atoms with van der Waals surface area (Å²) in [4.78, 5) is 13.4. The first kappa shape index (κ1) is 16.8. The van der Waals surface area contributed by atoms with E-state index in [-0.39, 0.29) is 0 Å². The molecular weight excluding hydrogens is 270 g/mol. The Hall–Kier alpha value is -2.27. The summed E-state index contributed by atoms with van der Waals surface area (Å²) in [5, 5.41) is 9.56. The van der Waals surface area contributed by atoms with Crippen molar-refractivity contribution in [2.24, 2.45) is 0 Å². The molecule has 0 fully saturated rings. The molecule has 1 N–H and O–H groups in total. The molecule has 0 aliphatic rings. The SMILES string of the molecule is C=CCN(CC=C)C(C(=O)O)c1ccc(OC)c(OC)c1. The van der Waals surface area contributed by atoms with Crippen LogP contribution in [0.2, 0.25) is 0 Å². The molecule has 1 aromatic carbocycles. The maximum absolute atomic E-state index is 11.7. The molecule has 0 saturated heterocycles. The second-order valence-electron chi connectivity index (χ2n) is 4.39. The summed E-state index contributed by atoms with van der Waals surface area (Å²) in [5.41, 5.74) is 0.615. The zero-order valence-electron chi connectivity index (χ0n) is 12.4. The van der Waals surface area contributed by atoms with Crippen molar-refractivity contribution in [3.05, 3.63) is 49.1 Å². The van der Waals surface area contributed by atoms with Crippen LogP contribution in [0.5, 0.6) is 11.5 Å². The highest BCUT2D eigenvalue weighted by Crippen LogP contribution is 2.32. The van der Waals surface area contributed by atoms with E-state index in [1.165, 1.54) is 14.2 Å². The topological polar surface area (TPSA) is 59.0 Å². The number of carboxylic acids is 1. The number of aliphatic carboxylic acids is 1. The molecule has 1 unspecified atom stereocenters. The largest absolute Gasteiger partial charge is 0.493 e. The molecule has 0 spiro atoms. The van der Waals surface area contributed by atoms with Crippen LogP contribution in [0.15, 0.2) is 43.5 Å². The minimum atomic E-state index is -0.939. The number of methoxy groups -OCH3 is 2. The number of hydrogen-bond donors (Lipinski definition) is 1. The first-order valence-electron chi connectivity index (χ1n) is 6.49. The fourth-order valence-electron chi connectivity index (χ4n) is 2.15. The smallest absolute Gasteiger partial charge is 0.325 e. The van der Waals surface area contributed by atoms with Gasteiger partial charge < -0.3 is 14.6 Å². The molecule has 0 heterocycles. The van der Waals surface area contributed by atoms with Crippen LogP contribution in [0, 0.1) is 0 Å². The summed E-state index contributed by atoms with van der Waals surface area (Å²) in [6, 6.07) is 4.29. The lowest BCUT2D eigenvalue weighted by Gasteiger charge is -2.27. The first-order valence-corrected chi connectivity index (χ1v) is 6.49. The summed E-state index contributed by atoms with van der Waals surface area (Å²) < 4.78 is 10.4. The van der Waals surface area contributed by atoms with Gasteiger partial charge in [0, 0.05) is 13.1 Å². The van der Waals surface area contributed by atoms with Gasteiger partial charge in [0.25, 0.3) is 0 Å². The average Bonchev–Trinajstić information content (AvgIpc) is 2.47. The Morgan fingerprint density at radius 1 is 1.24 bits per heavy atom. The third-order valence-electron chi connectivity index (χ3n) is 3.05. The van der Waals surface area contributed by atoms with Gasteiger partial charge in [-0.15, -0.1) is 13.2 Å². The number of carbonyl (C=O) groups is 1. The first-order chi connectivity index (χ1) is 10.1. The van der Waals surface area contributed by atoms with Gasteiger partial charge in [-0.2, -0.15) is 0 Å². The lowest BCUT2D eigenvalue weighted by molar-refractivity contribution is -0.143. The maximum atomic E-state index is 11.7. The Morgan fingerprint density at radius 2 is 1.81 bits per heavy atom. The van der Waals surface area contributed by atoms with E-state index in [0.717, 1.165) is 0 Å². The molecule has 5 heteroatoms. The molecule has 5 nitrogen and oxygen atoms in total. The molecule has 0 aliphatic heterocycles. The van der Waals surface area contributed by atoms with Gasteiger partial charge in [-0.25, -0.2) is 0 Å².